The molecule has 0 amide bonds. The van der Waals surface area contributed by atoms with Crippen molar-refractivity contribution in [2.24, 2.45) is 0 Å². The molecule has 5 N–H and O–H groups in total. The zero-order valence-corrected chi connectivity index (χ0v) is 11.2. The Bertz CT molecular complexity index is 660. The summed E-state index contributed by atoms with van der Waals surface area (Å²) in [4.78, 5) is 8.08. The van der Waals surface area contributed by atoms with Gasteiger partial charge in [-0.05, 0) is 6.07 Å². The molecule has 3 rings (SSSR count). The highest BCUT2D eigenvalue weighted by atomic mass is 16.6. The zero-order valence-electron chi connectivity index (χ0n) is 11.2. The van der Waals surface area contributed by atoms with E-state index in [2.05, 4.69) is 9.97 Å². The van der Waals surface area contributed by atoms with Gasteiger partial charge in [-0.25, -0.2) is 0 Å². The lowest BCUT2D eigenvalue weighted by molar-refractivity contribution is -0.0508. The minimum Gasteiger partial charge on any atom is -0.480 e. The van der Waals surface area contributed by atoms with Gasteiger partial charge < -0.3 is 35.1 Å². The highest BCUT2D eigenvalue weighted by Gasteiger charge is 2.43. The van der Waals surface area contributed by atoms with Gasteiger partial charge in [0.25, 0.3) is 0 Å². The van der Waals surface area contributed by atoms with Gasteiger partial charge in [-0.15, -0.1) is 0 Å². The van der Waals surface area contributed by atoms with Gasteiger partial charge in [-0.3, -0.25) is 0 Å². The molecule has 9 nitrogen and oxygen atoms in total. The minimum atomic E-state index is -1.19. The maximum Gasteiger partial charge on any atom is 0.227 e. The van der Waals surface area contributed by atoms with E-state index < -0.39 is 31.1 Å². The van der Waals surface area contributed by atoms with Crippen molar-refractivity contribution in [2.45, 2.75) is 24.5 Å². The Morgan fingerprint density at radius 1 is 1.38 bits per heavy atom. The van der Waals surface area contributed by atoms with E-state index in [0.29, 0.717) is 16.9 Å². The summed E-state index contributed by atoms with van der Waals surface area (Å²) in [5.41, 5.74) is 6.05. The number of ether oxygens (including phenoxy) is 2. The Morgan fingerprint density at radius 2 is 2.14 bits per heavy atom. The Balaban J connectivity index is 2.07. The molecule has 0 bridgehead atoms. The number of fused-ring (bicyclic) bond motifs is 1. The van der Waals surface area contributed by atoms with Crippen molar-refractivity contribution in [1.29, 1.82) is 0 Å². The fourth-order valence-corrected chi connectivity index (χ4v) is 2.49. The number of rotatable bonds is 3. The van der Waals surface area contributed by atoms with Crippen LogP contribution in [0.5, 0.6) is 5.88 Å². The van der Waals surface area contributed by atoms with Gasteiger partial charge in [0.1, 0.15) is 18.3 Å². The van der Waals surface area contributed by atoms with Crippen molar-refractivity contribution in [3.63, 3.8) is 0 Å². The zero-order chi connectivity index (χ0) is 15.1. The quantitative estimate of drug-likeness (QED) is 0.545. The number of methoxy groups -OCH3 is 1. The number of aromatic nitrogens is 3. The second kappa shape index (κ2) is 5.11. The topological polar surface area (TPSA) is 136 Å². The van der Waals surface area contributed by atoms with Crippen molar-refractivity contribution in [2.75, 3.05) is 19.5 Å². The summed E-state index contributed by atoms with van der Waals surface area (Å²) < 4.78 is 12.1. The lowest BCUT2D eigenvalue weighted by Crippen LogP contribution is -2.33. The molecule has 1 aliphatic rings. The average Bonchev–Trinajstić information content (AvgIpc) is 3.01. The smallest absolute Gasteiger partial charge is 0.227 e. The molecule has 1 saturated heterocycles. The molecule has 114 valence electrons. The molecule has 0 unspecified atom stereocenters. The number of aliphatic hydroxyl groups excluding tert-OH is 3. The third kappa shape index (κ3) is 2.10. The van der Waals surface area contributed by atoms with Gasteiger partial charge in [-0.1, -0.05) is 0 Å². The van der Waals surface area contributed by atoms with E-state index in [9.17, 15) is 10.2 Å². The number of nitrogens with zero attached hydrogens (tertiary/aromatic N) is 3. The standard InChI is InChI=1S/C12H16N4O5/c1-20-10-5-2-3-16(9(5)14-12(13)15-10)11-8(19)7(18)6(4-17)21-11/h2-3,6-8,11,17-19H,4H2,1H3,(H2,13,14,15)/t6-,7-,8+,11-/m1/s1. The van der Waals surface area contributed by atoms with Crippen molar-refractivity contribution < 1.29 is 24.8 Å². The van der Waals surface area contributed by atoms with Crippen LogP contribution in [0.1, 0.15) is 6.23 Å². The number of hydrogen-bond acceptors (Lipinski definition) is 8. The first-order valence-corrected chi connectivity index (χ1v) is 6.37. The largest absolute Gasteiger partial charge is 0.480 e. The summed E-state index contributed by atoms with van der Waals surface area (Å²) >= 11 is 0. The van der Waals surface area contributed by atoms with Crippen molar-refractivity contribution >= 4 is 17.0 Å². The van der Waals surface area contributed by atoms with Crippen LogP contribution in [0.25, 0.3) is 11.0 Å². The Kier molecular flexibility index (Phi) is 3.41. The third-order valence-electron chi connectivity index (χ3n) is 3.54. The van der Waals surface area contributed by atoms with E-state index in [1.807, 2.05) is 0 Å². The fourth-order valence-electron chi connectivity index (χ4n) is 2.49. The van der Waals surface area contributed by atoms with Crippen LogP contribution in [0, 0.1) is 0 Å². The summed E-state index contributed by atoms with van der Waals surface area (Å²) in [7, 11) is 1.46. The number of nitrogen functional groups attached to an aromatic ring is 1. The van der Waals surface area contributed by atoms with Crippen LogP contribution in [0.2, 0.25) is 0 Å². The third-order valence-corrected chi connectivity index (χ3v) is 3.54. The first kappa shape index (κ1) is 14.0. The summed E-state index contributed by atoms with van der Waals surface area (Å²) in [5, 5.41) is 29.6. The monoisotopic (exact) mass is 296 g/mol. The molecule has 4 atom stereocenters. The average molecular weight is 296 g/mol. The van der Waals surface area contributed by atoms with Crippen LogP contribution in [-0.2, 0) is 4.74 Å². The molecule has 3 heterocycles. The maximum atomic E-state index is 10.1. The lowest BCUT2D eigenvalue weighted by Gasteiger charge is -2.17. The maximum absolute atomic E-state index is 10.1. The minimum absolute atomic E-state index is 0.0195. The Labute approximate surface area is 119 Å². The highest BCUT2D eigenvalue weighted by Crippen LogP contribution is 2.33. The van der Waals surface area contributed by atoms with Crippen LogP contribution in [0.3, 0.4) is 0 Å². The molecule has 0 saturated carbocycles. The second-order valence-electron chi connectivity index (χ2n) is 4.78. The number of hydrogen-bond donors (Lipinski definition) is 4. The predicted molar refractivity (Wildman–Crippen MR) is 71.5 cm³/mol. The summed E-state index contributed by atoms with van der Waals surface area (Å²) in [6.45, 7) is -0.394. The first-order valence-electron chi connectivity index (χ1n) is 6.37. The molecular formula is C12H16N4O5. The van der Waals surface area contributed by atoms with E-state index in [4.69, 9.17) is 20.3 Å². The summed E-state index contributed by atoms with van der Waals surface area (Å²) in [5.74, 6) is 0.328. The molecule has 21 heavy (non-hydrogen) atoms. The van der Waals surface area contributed by atoms with E-state index in [0.717, 1.165) is 0 Å². The van der Waals surface area contributed by atoms with Crippen LogP contribution >= 0.6 is 0 Å². The van der Waals surface area contributed by atoms with Crippen molar-refractivity contribution in [3.05, 3.63) is 12.3 Å². The van der Waals surface area contributed by atoms with Crippen molar-refractivity contribution in [3.8, 4) is 5.88 Å². The molecule has 1 fully saturated rings. The predicted octanol–water partition coefficient (Wildman–Crippen LogP) is -1.37. The van der Waals surface area contributed by atoms with Gasteiger partial charge in [0.2, 0.25) is 11.8 Å². The molecular weight excluding hydrogens is 280 g/mol. The first-order chi connectivity index (χ1) is 10.1. The number of anilines is 1. The van der Waals surface area contributed by atoms with E-state index in [1.165, 1.54) is 11.7 Å². The summed E-state index contributed by atoms with van der Waals surface area (Å²) in [6.07, 6.45) is -2.49. The van der Waals surface area contributed by atoms with Crippen LogP contribution in [0.15, 0.2) is 12.3 Å². The van der Waals surface area contributed by atoms with Gasteiger partial charge in [0, 0.05) is 6.20 Å². The molecule has 0 aliphatic carbocycles. The SMILES string of the molecule is COc1nc(N)nc2c1ccn2[C@@H]1O[C@H](CO)[C@@H](O)[C@@H]1O. The Hall–Kier alpha value is -1.94. The normalized spacial score (nSPS) is 29.1. The summed E-state index contributed by atoms with van der Waals surface area (Å²) in [6, 6.07) is 1.70. The van der Waals surface area contributed by atoms with Crippen molar-refractivity contribution in [1.82, 2.24) is 14.5 Å². The molecule has 1 aliphatic heterocycles. The van der Waals surface area contributed by atoms with E-state index in [1.54, 1.807) is 12.3 Å². The second-order valence-corrected chi connectivity index (χ2v) is 4.78. The number of nitrogens with two attached hydrogens (primary N) is 1. The van der Waals surface area contributed by atoms with Crippen LogP contribution < -0.4 is 10.5 Å². The van der Waals surface area contributed by atoms with Crippen LogP contribution in [-0.4, -0.2) is 61.9 Å². The molecule has 9 heteroatoms. The molecule has 0 radical (unpaired) electrons. The fraction of sp³-hybridized carbons (Fsp3) is 0.500. The van der Waals surface area contributed by atoms with Gasteiger partial charge in [-0.2, -0.15) is 9.97 Å². The number of aliphatic hydroxyl groups is 3. The van der Waals surface area contributed by atoms with Gasteiger partial charge in [0.15, 0.2) is 11.9 Å². The van der Waals surface area contributed by atoms with Crippen LogP contribution in [0.4, 0.5) is 5.95 Å². The van der Waals surface area contributed by atoms with E-state index in [-0.39, 0.29) is 5.95 Å². The molecule has 0 aromatic carbocycles. The molecule has 2 aromatic rings. The van der Waals surface area contributed by atoms with E-state index >= 15 is 0 Å². The molecule has 2 aromatic heterocycles. The Morgan fingerprint density at radius 3 is 2.76 bits per heavy atom. The van der Waals surface area contributed by atoms with Gasteiger partial charge >= 0.3 is 0 Å². The lowest BCUT2D eigenvalue weighted by atomic mass is 10.1. The van der Waals surface area contributed by atoms with Gasteiger partial charge in [0.05, 0.1) is 19.1 Å². The highest BCUT2D eigenvalue weighted by molar-refractivity contribution is 5.82. The molecule has 0 spiro atoms.